The average molecular weight is 401 g/mol. The van der Waals surface area contributed by atoms with Gasteiger partial charge in [0.2, 0.25) is 5.91 Å². The number of anilines is 1. The van der Waals surface area contributed by atoms with Crippen LogP contribution in [0.25, 0.3) is 5.82 Å². The predicted molar refractivity (Wildman–Crippen MR) is 101 cm³/mol. The van der Waals surface area contributed by atoms with E-state index in [0.29, 0.717) is 21.7 Å². The van der Waals surface area contributed by atoms with Gasteiger partial charge in [-0.2, -0.15) is 5.10 Å². The Morgan fingerprint density at radius 2 is 2.19 bits per heavy atom. The van der Waals surface area contributed by atoms with Crippen LogP contribution in [0.4, 0.5) is 5.13 Å². The van der Waals surface area contributed by atoms with Gasteiger partial charge in [-0.1, -0.05) is 11.8 Å². The number of nitrogens with one attached hydrogen (secondary N) is 2. The lowest BCUT2D eigenvalue weighted by molar-refractivity contribution is -0.113. The fraction of sp³-hybridized carbons (Fsp3) is 0.250. The van der Waals surface area contributed by atoms with E-state index in [9.17, 15) is 9.59 Å². The summed E-state index contributed by atoms with van der Waals surface area (Å²) >= 11 is 2.64. The van der Waals surface area contributed by atoms with Crippen molar-refractivity contribution in [2.75, 3.05) is 11.1 Å². The Balaban J connectivity index is 1.37. The molecule has 3 aromatic heterocycles. The maximum Gasteiger partial charge on any atom is 0.272 e. The number of carbonyl (C=O) groups is 2. The number of rotatable bonds is 7. The van der Waals surface area contributed by atoms with Crippen molar-refractivity contribution in [2.45, 2.75) is 23.9 Å². The molecular formula is C16H15N7O2S2. The summed E-state index contributed by atoms with van der Waals surface area (Å²) in [4.78, 5) is 36.3. The summed E-state index contributed by atoms with van der Waals surface area (Å²) in [6.45, 7) is 0. The first kappa shape index (κ1) is 17.6. The number of nitrogens with zero attached hydrogens (tertiary/aromatic N) is 5. The molecule has 1 fully saturated rings. The summed E-state index contributed by atoms with van der Waals surface area (Å²) in [6, 6.07) is 3.64. The lowest BCUT2D eigenvalue weighted by Crippen LogP contribution is -2.25. The van der Waals surface area contributed by atoms with Crippen molar-refractivity contribution < 1.29 is 9.59 Å². The van der Waals surface area contributed by atoms with Gasteiger partial charge in [0.1, 0.15) is 11.4 Å². The minimum absolute atomic E-state index is 0.159. The van der Waals surface area contributed by atoms with Crippen molar-refractivity contribution in [1.82, 2.24) is 30.0 Å². The Kier molecular flexibility index (Phi) is 5.12. The van der Waals surface area contributed by atoms with Crippen LogP contribution in [-0.4, -0.2) is 48.3 Å². The van der Waals surface area contributed by atoms with Gasteiger partial charge in [-0.3, -0.25) is 9.59 Å². The summed E-state index contributed by atoms with van der Waals surface area (Å²) < 4.78 is 1.52. The van der Waals surface area contributed by atoms with E-state index in [1.54, 1.807) is 29.9 Å². The Bertz CT molecular complexity index is 953. The molecule has 0 saturated heterocycles. The fourth-order valence-electron chi connectivity index (χ4n) is 2.17. The zero-order valence-electron chi connectivity index (χ0n) is 14.0. The van der Waals surface area contributed by atoms with E-state index in [-0.39, 0.29) is 23.6 Å². The second-order valence-electron chi connectivity index (χ2n) is 5.78. The van der Waals surface area contributed by atoms with Gasteiger partial charge in [0.05, 0.1) is 5.75 Å². The molecule has 0 aliphatic heterocycles. The molecule has 138 valence electrons. The smallest absolute Gasteiger partial charge is 0.272 e. The van der Waals surface area contributed by atoms with Crippen LogP contribution in [0.3, 0.4) is 0 Å². The molecule has 1 aliphatic carbocycles. The van der Waals surface area contributed by atoms with Crippen LogP contribution in [0.15, 0.2) is 41.3 Å². The molecule has 4 rings (SSSR count). The second kappa shape index (κ2) is 7.84. The van der Waals surface area contributed by atoms with Gasteiger partial charge in [0.25, 0.3) is 5.91 Å². The third-order valence-corrected chi connectivity index (χ3v) is 5.24. The van der Waals surface area contributed by atoms with Crippen molar-refractivity contribution >= 4 is 40.0 Å². The fourth-order valence-corrected chi connectivity index (χ4v) is 3.38. The molecule has 11 heteroatoms. The maximum absolute atomic E-state index is 12.0. The standard InChI is InChI=1S/C16H15N7O2S2/c24-13(21-16-17-4-6-26-16)8-27-14-7-12(18-9-19-14)23-5-3-11(22-23)15(25)20-10-1-2-10/h3-7,9-10H,1-2,8H2,(H,20,25)(H,17,21,24). The van der Waals surface area contributed by atoms with Gasteiger partial charge in [-0.25, -0.2) is 19.6 Å². The summed E-state index contributed by atoms with van der Waals surface area (Å²) in [5.74, 6) is 0.384. The van der Waals surface area contributed by atoms with Crippen LogP contribution in [-0.2, 0) is 4.79 Å². The quantitative estimate of drug-likeness (QED) is 0.458. The molecule has 0 bridgehead atoms. The molecule has 3 heterocycles. The predicted octanol–water partition coefficient (Wildman–Crippen LogP) is 1.74. The Morgan fingerprint density at radius 1 is 1.30 bits per heavy atom. The molecule has 1 aliphatic rings. The number of thioether (sulfide) groups is 1. The first-order valence-electron chi connectivity index (χ1n) is 8.18. The van der Waals surface area contributed by atoms with Gasteiger partial charge in [-0.05, 0) is 18.9 Å². The molecule has 2 amide bonds. The molecule has 0 radical (unpaired) electrons. The Morgan fingerprint density at radius 3 is 2.96 bits per heavy atom. The van der Waals surface area contributed by atoms with Crippen molar-refractivity contribution in [3.05, 3.63) is 41.9 Å². The van der Waals surface area contributed by atoms with Gasteiger partial charge < -0.3 is 10.6 Å². The van der Waals surface area contributed by atoms with Crippen molar-refractivity contribution in [3.63, 3.8) is 0 Å². The summed E-state index contributed by atoms with van der Waals surface area (Å²) in [5.41, 5.74) is 0.345. The molecule has 0 spiro atoms. The number of hydrogen-bond acceptors (Lipinski definition) is 8. The minimum Gasteiger partial charge on any atom is -0.348 e. The Labute approximate surface area is 162 Å². The number of carbonyl (C=O) groups excluding carboxylic acids is 2. The zero-order chi connectivity index (χ0) is 18.6. The molecule has 2 N–H and O–H groups in total. The largest absolute Gasteiger partial charge is 0.348 e. The number of hydrogen-bond donors (Lipinski definition) is 2. The van der Waals surface area contributed by atoms with Gasteiger partial charge in [0, 0.05) is 29.9 Å². The van der Waals surface area contributed by atoms with E-state index in [0.717, 1.165) is 12.8 Å². The molecule has 9 nitrogen and oxygen atoms in total. The van der Waals surface area contributed by atoms with Crippen LogP contribution < -0.4 is 10.6 Å². The molecule has 1 saturated carbocycles. The zero-order valence-corrected chi connectivity index (χ0v) is 15.7. The van der Waals surface area contributed by atoms with E-state index in [1.807, 2.05) is 0 Å². The minimum atomic E-state index is -0.182. The van der Waals surface area contributed by atoms with Gasteiger partial charge >= 0.3 is 0 Å². The maximum atomic E-state index is 12.0. The number of aromatic nitrogens is 5. The highest BCUT2D eigenvalue weighted by atomic mass is 32.2. The summed E-state index contributed by atoms with van der Waals surface area (Å²) in [7, 11) is 0. The Hall–Kier alpha value is -2.79. The average Bonchev–Trinajstić information content (AvgIpc) is 3.13. The van der Waals surface area contributed by atoms with Crippen molar-refractivity contribution in [2.24, 2.45) is 0 Å². The summed E-state index contributed by atoms with van der Waals surface area (Å²) in [6.07, 6.45) is 6.76. The molecule has 3 aromatic rings. The first-order valence-corrected chi connectivity index (χ1v) is 10.0. The lowest BCUT2D eigenvalue weighted by Gasteiger charge is -2.04. The highest BCUT2D eigenvalue weighted by molar-refractivity contribution is 7.99. The second-order valence-corrected chi connectivity index (χ2v) is 7.67. The van der Waals surface area contributed by atoms with Crippen LogP contribution in [0.1, 0.15) is 23.3 Å². The summed E-state index contributed by atoms with van der Waals surface area (Å²) in [5, 5.41) is 12.9. The van der Waals surface area contributed by atoms with E-state index in [4.69, 9.17) is 0 Å². The number of amides is 2. The van der Waals surface area contributed by atoms with E-state index >= 15 is 0 Å². The van der Waals surface area contributed by atoms with Crippen molar-refractivity contribution in [3.8, 4) is 5.82 Å². The third kappa shape index (κ3) is 4.68. The van der Waals surface area contributed by atoms with Gasteiger partial charge in [0.15, 0.2) is 16.6 Å². The van der Waals surface area contributed by atoms with E-state index in [2.05, 4.69) is 30.7 Å². The van der Waals surface area contributed by atoms with Crippen LogP contribution >= 0.6 is 23.1 Å². The van der Waals surface area contributed by atoms with E-state index < -0.39 is 0 Å². The monoisotopic (exact) mass is 401 g/mol. The van der Waals surface area contributed by atoms with Crippen LogP contribution in [0.2, 0.25) is 0 Å². The topological polar surface area (TPSA) is 115 Å². The SMILES string of the molecule is O=C(CSc1cc(-n2ccc(C(=O)NC3CC3)n2)ncn1)Nc1nccs1. The number of thiazole rings is 1. The first-order chi connectivity index (χ1) is 13.2. The van der Waals surface area contributed by atoms with Gasteiger partial charge in [-0.15, -0.1) is 11.3 Å². The lowest BCUT2D eigenvalue weighted by atomic mass is 10.4. The normalized spacial score (nSPS) is 13.3. The van der Waals surface area contributed by atoms with Crippen LogP contribution in [0.5, 0.6) is 0 Å². The molecule has 0 atom stereocenters. The molecule has 0 unspecified atom stereocenters. The highest BCUT2D eigenvalue weighted by Crippen LogP contribution is 2.20. The third-order valence-electron chi connectivity index (χ3n) is 3.63. The van der Waals surface area contributed by atoms with E-state index in [1.165, 1.54) is 34.1 Å². The van der Waals surface area contributed by atoms with Crippen molar-refractivity contribution in [1.29, 1.82) is 0 Å². The molecule has 27 heavy (non-hydrogen) atoms. The molecular weight excluding hydrogens is 386 g/mol. The highest BCUT2D eigenvalue weighted by Gasteiger charge is 2.24. The van der Waals surface area contributed by atoms with Crippen LogP contribution in [0, 0.1) is 0 Å². The molecule has 0 aromatic carbocycles.